The van der Waals surface area contributed by atoms with E-state index in [9.17, 15) is 29.8 Å². The minimum Gasteiger partial charge on any atom is -0.311 e. The molecule has 0 aliphatic carbocycles. The van der Waals surface area contributed by atoms with E-state index in [0.717, 1.165) is 23.9 Å². The molecular weight excluding hydrogens is 430 g/mol. The average Bonchev–Trinajstić information content (AvgIpc) is 3.16. The molecule has 1 heterocycles. The first-order valence-electron chi connectivity index (χ1n) is 8.41. The largest absolute Gasteiger partial charge is 0.311 e. The average molecular weight is 443 g/mol. The van der Waals surface area contributed by atoms with E-state index < -0.39 is 21.7 Å². The lowest BCUT2D eigenvalue weighted by Crippen LogP contribution is -2.41. The van der Waals surface area contributed by atoms with Crippen molar-refractivity contribution in [3.8, 4) is 0 Å². The fraction of sp³-hybridized carbons (Fsp3) is 0.0588. The molecule has 2 amide bonds. The summed E-state index contributed by atoms with van der Waals surface area (Å²) in [5.41, 5.74) is 3.50. The summed E-state index contributed by atoms with van der Waals surface area (Å²) in [7, 11) is 1.68. The Labute approximate surface area is 177 Å². The number of nitro groups is 2. The van der Waals surface area contributed by atoms with Crippen molar-refractivity contribution in [2.75, 3.05) is 0 Å². The zero-order chi connectivity index (χ0) is 22.5. The highest BCUT2D eigenvalue weighted by Crippen LogP contribution is 2.34. The Hall–Kier alpha value is -4.33. The Morgan fingerprint density at radius 3 is 2.26 bits per heavy atom. The van der Waals surface area contributed by atoms with Gasteiger partial charge < -0.3 is 4.57 Å². The first-order valence-corrected chi connectivity index (χ1v) is 9.23. The van der Waals surface area contributed by atoms with E-state index in [1.807, 2.05) is 0 Å². The number of nitro benzene ring substituents is 2. The first kappa shape index (κ1) is 21.4. The summed E-state index contributed by atoms with van der Waals surface area (Å²) in [6.45, 7) is 0. The number of non-ortho nitro benzene ring substituents is 1. The lowest BCUT2D eigenvalue weighted by Gasteiger charge is -2.08. The highest BCUT2D eigenvalue weighted by atomic mass is 32.2. The smallest absolute Gasteiger partial charge is 0.284 e. The fourth-order valence-electron chi connectivity index (χ4n) is 2.37. The number of hydrogen-bond acceptors (Lipinski definition) is 9. The van der Waals surface area contributed by atoms with Gasteiger partial charge in [-0.15, -0.1) is 10.2 Å². The molecule has 158 valence electrons. The van der Waals surface area contributed by atoms with Crippen LogP contribution in [0.25, 0.3) is 0 Å². The number of aromatic nitrogens is 3. The number of aryl methyl sites for hydroxylation is 1. The number of hydrazine groups is 1. The molecule has 31 heavy (non-hydrogen) atoms. The van der Waals surface area contributed by atoms with Crippen LogP contribution in [-0.2, 0) is 7.05 Å². The molecule has 3 aromatic rings. The number of benzene rings is 2. The summed E-state index contributed by atoms with van der Waals surface area (Å²) in [6.07, 6.45) is 1.44. The molecule has 3 rings (SSSR count). The van der Waals surface area contributed by atoms with Gasteiger partial charge in [-0.2, -0.15) is 0 Å². The van der Waals surface area contributed by atoms with Crippen LogP contribution in [0.5, 0.6) is 0 Å². The third-order valence-corrected chi connectivity index (χ3v) is 5.01. The van der Waals surface area contributed by atoms with E-state index in [4.69, 9.17) is 0 Å². The van der Waals surface area contributed by atoms with Gasteiger partial charge in [0.1, 0.15) is 6.33 Å². The van der Waals surface area contributed by atoms with Crippen molar-refractivity contribution in [1.29, 1.82) is 0 Å². The molecule has 2 N–H and O–H groups in total. The minimum atomic E-state index is -0.808. The second-order valence-corrected chi connectivity index (χ2v) is 6.99. The van der Waals surface area contributed by atoms with Crippen molar-refractivity contribution >= 4 is 35.0 Å². The fourth-order valence-corrected chi connectivity index (χ4v) is 3.22. The van der Waals surface area contributed by atoms with Crippen molar-refractivity contribution in [1.82, 2.24) is 25.6 Å². The topological polar surface area (TPSA) is 175 Å². The summed E-state index contributed by atoms with van der Waals surface area (Å²) in [5, 5.41) is 30.2. The minimum absolute atomic E-state index is 0.0455. The van der Waals surface area contributed by atoms with Gasteiger partial charge in [0.05, 0.1) is 14.7 Å². The number of carbonyl (C=O) groups excluding carboxylic acids is 2. The number of amides is 2. The van der Waals surface area contributed by atoms with Gasteiger partial charge in [0, 0.05) is 36.4 Å². The van der Waals surface area contributed by atoms with Crippen LogP contribution in [0.1, 0.15) is 20.7 Å². The molecule has 2 aromatic carbocycles. The highest BCUT2D eigenvalue weighted by molar-refractivity contribution is 7.99. The third kappa shape index (κ3) is 4.99. The number of rotatable bonds is 6. The van der Waals surface area contributed by atoms with Crippen LogP contribution in [-0.4, -0.2) is 36.4 Å². The van der Waals surface area contributed by atoms with Crippen LogP contribution in [0.15, 0.2) is 58.8 Å². The van der Waals surface area contributed by atoms with Crippen LogP contribution in [0.2, 0.25) is 0 Å². The van der Waals surface area contributed by atoms with E-state index >= 15 is 0 Å². The van der Waals surface area contributed by atoms with Crippen LogP contribution >= 0.6 is 11.8 Å². The Morgan fingerprint density at radius 1 is 1.00 bits per heavy atom. The van der Waals surface area contributed by atoms with Crippen molar-refractivity contribution in [3.05, 3.63) is 80.1 Å². The zero-order valence-electron chi connectivity index (χ0n) is 15.7. The van der Waals surface area contributed by atoms with Gasteiger partial charge in [-0.25, -0.2) is 0 Å². The normalized spacial score (nSPS) is 10.4. The molecule has 0 unspecified atom stereocenters. The lowest BCUT2D eigenvalue weighted by atomic mass is 10.2. The molecule has 0 aliphatic heterocycles. The maximum absolute atomic E-state index is 12.3. The van der Waals surface area contributed by atoms with Gasteiger partial charge in [-0.3, -0.25) is 40.7 Å². The third-order valence-electron chi connectivity index (χ3n) is 3.90. The number of nitrogens with one attached hydrogen (secondary N) is 2. The monoisotopic (exact) mass is 443 g/mol. The van der Waals surface area contributed by atoms with E-state index in [0.29, 0.717) is 5.16 Å². The van der Waals surface area contributed by atoms with Crippen LogP contribution in [0.3, 0.4) is 0 Å². The molecule has 14 heteroatoms. The van der Waals surface area contributed by atoms with Crippen molar-refractivity contribution in [3.63, 3.8) is 0 Å². The second kappa shape index (κ2) is 9.00. The number of nitrogens with zero attached hydrogens (tertiary/aromatic N) is 5. The SMILES string of the molecule is Cn1cnnc1Sc1ccc(C(=O)NNC(=O)c2cccc([N+](=O)[O-])c2)cc1[N+](=O)[O-]. The van der Waals surface area contributed by atoms with E-state index in [2.05, 4.69) is 21.0 Å². The molecule has 0 atom stereocenters. The van der Waals surface area contributed by atoms with Gasteiger partial charge in [-0.1, -0.05) is 6.07 Å². The predicted octanol–water partition coefficient (Wildman–Crippen LogP) is 1.86. The second-order valence-electron chi connectivity index (χ2n) is 5.98. The highest BCUT2D eigenvalue weighted by Gasteiger charge is 2.20. The Balaban J connectivity index is 1.73. The molecule has 0 spiro atoms. The van der Waals surface area contributed by atoms with Gasteiger partial charge in [0.25, 0.3) is 23.2 Å². The number of carbonyl (C=O) groups is 2. The van der Waals surface area contributed by atoms with E-state index in [1.165, 1.54) is 36.7 Å². The van der Waals surface area contributed by atoms with Crippen LogP contribution in [0.4, 0.5) is 11.4 Å². The Morgan fingerprint density at radius 2 is 1.68 bits per heavy atom. The molecule has 0 fully saturated rings. The van der Waals surface area contributed by atoms with Gasteiger partial charge in [0.2, 0.25) is 0 Å². The summed E-state index contributed by atoms with van der Waals surface area (Å²) < 4.78 is 1.58. The quantitative estimate of drug-likeness (QED) is 0.425. The molecule has 0 radical (unpaired) electrons. The van der Waals surface area contributed by atoms with Crippen molar-refractivity contribution in [2.24, 2.45) is 7.05 Å². The number of hydrogen-bond donors (Lipinski definition) is 2. The van der Waals surface area contributed by atoms with Crippen LogP contribution in [0, 0.1) is 20.2 Å². The lowest BCUT2D eigenvalue weighted by molar-refractivity contribution is -0.387. The van der Waals surface area contributed by atoms with E-state index in [1.54, 1.807) is 11.6 Å². The summed E-state index contributed by atoms with van der Waals surface area (Å²) >= 11 is 1.01. The molecule has 13 nitrogen and oxygen atoms in total. The van der Waals surface area contributed by atoms with E-state index in [-0.39, 0.29) is 27.4 Å². The Bertz CT molecular complexity index is 1200. The molecule has 1 aromatic heterocycles. The maximum atomic E-state index is 12.3. The molecule has 0 bridgehead atoms. The standard InChI is InChI=1S/C17H13N7O6S/c1-22-9-18-21-17(22)31-14-6-5-11(8-13(14)24(29)30)16(26)20-19-15(25)10-3-2-4-12(7-10)23(27)28/h2-9H,1H3,(H,19,25)(H,20,26). The van der Waals surface area contributed by atoms with Gasteiger partial charge in [0.15, 0.2) is 5.16 Å². The summed E-state index contributed by atoms with van der Waals surface area (Å²) in [4.78, 5) is 45.6. The first-order chi connectivity index (χ1) is 14.8. The summed E-state index contributed by atoms with van der Waals surface area (Å²) in [6, 6.07) is 8.71. The van der Waals surface area contributed by atoms with Crippen molar-refractivity contribution < 1.29 is 19.4 Å². The zero-order valence-corrected chi connectivity index (χ0v) is 16.5. The van der Waals surface area contributed by atoms with Crippen molar-refractivity contribution in [2.45, 2.75) is 10.1 Å². The maximum Gasteiger partial charge on any atom is 0.284 e. The van der Waals surface area contributed by atoms with Crippen LogP contribution < -0.4 is 10.9 Å². The summed E-state index contributed by atoms with van der Waals surface area (Å²) in [5.74, 6) is -1.60. The molecule has 0 saturated carbocycles. The van der Waals surface area contributed by atoms with Gasteiger partial charge >= 0.3 is 0 Å². The predicted molar refractivity (Wildman–Crippen MR) is 106 cm³/mol. The molecular formula is C17H13N7O6S. The Kier molecular flexibility index (Phi) is 6.21. The molecule has 0 aliphatic rings. The van der Waals surface area contributed by atoms with Gasteiger partial charge in [-0.05, 0) is 30.0 Å². The molecule has 0 saturated heterocycles.